The Morgan fingerprint density at radius 3 is 2.54 bits per heavy atom. The van der Waals surface area contributed by atoms with Crippen LogP contribution in [-0.4, -0.2) is 38.5 Å². The number of rotatable bonds is 4. The van der Waals surface area contributed by atoms with Crippen LogP contribution in [0.2, 0.25) is 0 Å². The second-order valence-electron chi connectivity index (χ2n) is 7.64. The summed E-state index contributed by atoms with van der Waals surface area (Å²) in [7, 11) is -1.84. The highest BCUT2D eigenvalue weighted by Gasteiger charge is 2.44. The Balaban J connectivity index is 1.67. The molecule has 0 atom stereocenters. The van der Waals surface area contributed by atoms with Crippen LogP contribution in [0.25, 0.3) is 11.0 Å². The molecular weight excluding hydrogens is 382 g/mol. The first-order valence-corrected chi connectivity index (χ1v) is 11.3. The average Bonchev–Trinajstić information content (AvgIpc) is 3.12. The number of hydrogen-bond donors (Lipinski definition) is 1. The van der Waals surface area contributed by atoms with Crippen LogP contribution in [0.5, 0.6) is 0 Å². The topological polar surface area (TPSA) is 103 Å². The van der Waals surface area contributed by atoms with Crippen molar-refractivity contribution < 1.29 is 22.4 Å². The second-order valence-corrected chi connectivity index (χ2v) is 9.94. The van der Waals surface area contributed by atoms with Gasteiger partial charge in [-0.3, -0.25) is 10.1 Å². The molecule has 1 aliphatic carbocycles. The van der Waals surface area contributed by atoms with Gasteiger partial charge in [-0.2, -0.15) is 0 Å². The lowest BCUT2D eigenvalue weighted by molar-refractivity contribution is -0.149. The number of fused-ring (bicyclic) bond motifs is 2. The molecule has 2 heterocycles. The molecule has 1 aromatic carbocycles. The zero-order valence-corrected chi connectivity index (χ0v) is 16.6. The molecule has 7 nitrogen and oxygen atoms in total. The number of carbonyl (C=O) groups is 1. The maximum atomic E-state index is 12.4. The summed E-state index contributed by atoms with van der Waals surface area (Å²) in [6, 6.07) is 5.43. The summed E-state index contributed by atoms with van der Waals surface area (Å²) in [4.78, 5) is 24.5. The van der Waals surface area contributed by atoms with Gasteiger partial charge in [0.2, 0.25) is 0 Å². The molecule has 1 saturated heterocycles. The standard InChI is InChI=1S/C20H23NO6S/c1-26-19(23)20(5-7-28(24,25)8-6-20)21-12-15-11-18(22)27-17-10-14-4-2-3-13(14)9-16(15)17/h9-11,21H,2-8,12H2,1H3. The minimum absolute atomic E-state index is 0.0692. The molecule has 1 fully saturated rings. The van der Waals surface area contributed by atoms with Crippen LogP contribution in [0.1, 0.15) is 36.0 Å². The largest absolute Gasteiger partial charge is 0.468 e. The van der Waals surface area contributed by atoms with Gasteiger partial charge in [0.1, 0.15) is 21.0 Å². The van der Waals surface area contributed by atoms with Gasteiger partial charge in [0.05, 0.1) is 18.6 Å². The number of sulfone groups is 1. The van der Waals surface area contributed by atoms with Crippen molar-refractivity contribution in [3.05, 3.63) is 45.3 Å². The van der Waals surface area contributed by atoms with Gasteiger partial charge < -0.3 is 9.15 Å². The maximum Gasteiger partial charge on any atom is 0.336 e. The Labute approximate surface area is 163 Å². The molecule has 0 spiro atoms. The van der Waals surface area contributed by atoms with Crippen LogP contribution in [0, 0.1) is 0 Å². The Morgan fingerprint density at radius 1 is 1.18 bits per heavy atom. The van der Waals surface area contributed by atoms with Gasteiger partial charge in [-0.1, -0.05) is 0 Å². The summed E-state index contributed by atoms with van der Waals surface area (Å²) in [5.74, 6) is -0.615. The molecule has 1 aromatic heterocycles. The van der Waals surface area contributed by atoms with Crippen LogP contribution in [0.4, 0.5) is 0 Å². The summed E-state index contributed by atoms with van der Waals surface area (Å²) in [6.45, 7) is 0.246. The van der Waals surface area contributed by atoms with E-state index >= 15 is 0 Å². The van der Waals surface area contributed by atoms with Gasteiger partial charge in [0.25, 0.3) is 0 Å². The number of nitrogens with one attached hydrogen (secondary N) is 1. The number of hydrogen-bond acceptors (Lipinski definition) is 7. The molecule has 0 amide bonds. The van der Waals surface area contributed by atoms with E-state index in [2.05, 4.69) is 11.4 Å². The minimum atomic E-state index is -3.14. The summed E-state index contributed by atoms with van der Waals surface area (Å²) in [5.41, 5.74) is 2.24. The fraction of sp³-hybridized carbons (Fsp3) is 0.500. The highest BCUT2D eigenvalue weighted by Crippen LogP contribution is 2.30. The van der Waals surface area contributed by atoms with Crippen molar-refractivity contribution in [3.8, 4) is 0 Å². The number of ether oxygens (including phenoxy) is 1. The molecule has 1 N–H and O–H groups in total. The van der Waals surface area contributed by atoms with Crippen molar-refractivity contribution in [3.63, 3.8) is 0 Å². The molecule has 2 aliphatic rings. The zero-order chi connectivity index (χ0) is 19.9. The van der Waals surface area contributed by atoms with E-state index in [1.165, 1.54) is 24.3 Å². The van der Waals surface area contributed by atoms with Gasteiger partial charge in [-0.25, -0.2) is 13.2 Å². The fourth-order valence-electron chi connectivity index (χ4n) is 4.24. The van der Waals surface area contributed by atoms with Crippen molar-refractivity contribution in [2.24, 2.45) is 0 Å². The summed E-state index contributed by atoms with van der Waals surface area (Å²) in [6.07, 6.45) is 3.37. The molecular formula is C20H23NO6S. The smallest absolute Gasteiger partial charge is 0.336 e. The number of carbonyl (C=O) groups excluding carboxylic acids is 1. The molecule has 4 rings (SSSR count). The lowest BCUT2D eigenvalue weighted by Crippen LogP contribution is -2.56. The van der Waals surface area contributed by atoms with Gasteiger partial charge in [-0.05, 0) is 60.9 Å². The van der Waals surface area contributed by atoms with Crippen molar-refractivity contribution in [2.75, 3.05) is 18.6 Å². The Bertz CT molecular complexity index is 1090. The fourth-order valence-corrected chi connectivity index (χ4v) is 5.76. The quantitative estimate of drug-likeness (QED) is 0.607. The van der Waals surface area contributed by atoms with Crippen LogP contribution in [-0.2, 0) is 38.8 Å². The van der Waals surface area contributed by atoms with Crippen LogP contribution in [0.3, 0.4) is 0 Å². The SMILES string of the molecule is COC(=O)C1(NCc2cc(=O)oc3cc4c(cc23)CCC4)CCS(=O)(=O)CC1. The number of benzene rings is 1. The van der Waals surface area contributed by atoms with Crippen LogP contribution >= 0.6 is 0 Å². The van der Waals surface area contributed by atoms with Gasteiger partial charge in [-0.15, -0.1) is 0 Å². The first kappa shape index (κ1) is 19.1. The van der Waals surface area contributed by atoms with E-state index in [4.69, 9.17) is 9.15 Å². The molecule has 8 heteroatoms. The van der Waals surface area contributed by atoms with Crippen molar-refractivity contribution in [2.45, 2.75) is 44.2 Å². The van der Waals surface area contributed by atoms with Crippen molar-refractivity contribution in [1.82, 2.24) is 5.32 Å². The van der Waals surface area contributed by atoms with E-state index in [1.54, 1.807) is 0 Å². The van der Waals surface area contributed by atoms with E-state index in [0.717, 1.165) is 30.2 Å². The monoisotopic (exact) mass is 405 g/mol. The van der Waals surface area contributed by atoms with Gasteiger partial charge >= 0.3 is 11.6 Å². The zero-order valence-electron chi connectivity index (χ0n) is 15.7. The Kier molecular flexibility index (Phi) is 4.79. The summed E-state index contributed by atoms with van der Waals surface area (Å²) < 4.78 is 34.0. The van der Waals surface area contributed by atoms with Crippen LogP contribution in [0.15, 0.2) is 27.4 Å². The highest BCUT2D eigenvalue weighted by atomic mass is 32.2. The van der Waals surface area contributed by atoms with Gasteiger partial charge in [0.15, 0.2) is 0 Å². The predicted octanol–water partition coefficient (Wildman–Crippen LogP) is 1.49. The molecule has 0 unspecified atom stereocenters. The molecule has 2 aromatic rings. The van der Waals surface area contributed by atoms with E-state index in [0.29, 0.717) is 5.58 Å². The molecule has 0 bridgehead atoms. The van der Waals surface area contributed by atoms with E-state index < -0.39 is 27.0 Å². The Hall–Kier alpha value is -2.19. The first-order valence-electron chi connectivity index (χ1n) is 9.44. The third-order valence-electron chi connectivity index (χ3n) is 5.92. The third kappa shape index (κ3) is 3.46. The minimum Gasteiger partial charge on any atom is -0.468 e. The second kappa shape index (κ2) is 7.00. The number of methoxy groups -OCH3 is 1. The van der Waals surface area contributed by atoms with Gasteiger partial charge in [0, 0.05) is 18.0 Å². The summed E-state index contributed by atoms with van der Waals surface area (Å²) in [5, 5.41) is 4.05. The predicted molar refractivity (Wildman–Crippen MR) is 104 cm³/mol. The molecule has 28 heavy (non-hydrogen) atoms. The van der Waals surface area contributed by atoms with Crippen molar-refractivity contribution >= 4 is 26.8 Å². The first-order chi connectivity index (χ1) is 13.3. The van der Waals surface area contributed by atoms with Crippen molar-refractivity contribution in [1.29, 1.82) is 0 Å². The molecule has 1 aliphatic heterocycles. The molecule has 150 valence electrons. The molecule has 0 radical (unpaired) electrons. The number of esters is 1. The van der Waals surface area contributed by atoms with Crippen LogP contribution < -0.4 is 10.9 Å². The average molecular weight is 405 g/mol. The van der Waals surface area contributed by atoms with E-state index in [1.807, 2.05) is 6.07 Å². The lowest BCUT2D eigenvalue weighted by Gasteiger charge is -2.35. The third-order valence-corrected chi connectivity index (χ3v) is 7.57. The summed E-state index contributed by atoms with van der Waals surface area (Å²) >= 11 is 0. The normalized spacial score (nSPS) is 20.0. The number of aryl methyl sites for hydroxylation is 2. The van der Waals surface area contributed by atoms with E-state index in [-0.39, 0.29) is 30.9 Å². The Morgan fingerprint density at radius 2 is 1.86 bits per heavy atom. The maximum absolute atomic E-state index is 12.4. The highest BCUT2D eigenvalue weighted by molar-refractivity contribution is 7.91. The van der Waals surface area contributed by atoms with E-state index in [9.17, 15) is 18.0 Å². The molecule has 0 saturated carbocycles. The lowest BCUT2D eigenvalue weighted by atomic mass is 9.91.